The molecule has 1 aliphatic rings. The van der Waals surface area contributed by atoms with Crippen molar-refractivity contribution in [1.29, 1.82) is 0 Å². The van der Waals surface area contributed by atoms with Gasteiger partial charge in [-0.2, -0.15) is 5.10 Å². The number of nitrogens with zero attached hydrogens (tertiary/aromatic N) is 3. The zero-order chi connectivity index (χ0) is 20.5. The monoisotopic (exact) mass is 417 g/mol. The number of thiophene rings is 1. The molecule has 1 aliphatic heterocycles. The van der Waals surface area contributed by atoms with E-state index >= 15 is 0 Å². The molecule has 2 aromatic heterocycles. The average Bonchev–Trinajstić information content (AvgIpc) is 3.41. The van der Waals surface area contributed by atoms with E-state index in [9.17, 15) is 18.4 Å². The summed E-state index contributed by atoms with van der Waals surface area (Å²) in [5.41, 5.74) is 6.72. The lowest BCUT2D eigenvalue weighted by Crippen LogP contribution is -2.26. The van der Waals surface area contributed by atoms with Crippen LogP contribution < -0.4 is 16.7 Å². The highest BCUT2D eigenvalue weighted by molar-refractivity contribution is 7.15. The third-order valence-electron chi connectivity index (χ3n) is 4.68. The van der Waals surface area contributed by atoms with Gasteiger partial charge in [0.15, 0.2) is 0 Å². The molecule has 4 rings (SSSR count). The van der Waals surface area contributed by atoms with E-state index in [-0.39, 0.29) is 36.5 Å². The summed E-state index contributed by atoms with van der Waals surface area (Å²) < 4.78 is 29.5. The van der Waals surface area contributed by atoms with Crippen LogP contribution in [0.5, 0.6) is 0 Å². The van der Waals surface area contributed by atoms with Gasteiger partial charge >= 0.3 is 5.69 Å². The van der Waals surface area contributed by atoms with Crippen LogP contribution in [-0.2, 0) is 19.6 Å². The summed E-state index contributed by atoms with van der Waals surface area (Å²) in [5, 5.41) is 6.61. The first kappa shape index (κ1) is 19.2. The molecular formula is C19H17F2N5O2S. The van der Waals surface area contributed by atoms with E-state index in [4.69, 9.17) is 5.73 Å². The Balaban J connectivity index is 1.55. The second kappa shape index (κ2) is 7.72. The van der Waals surface area contributed by atoms with Gasteiger partial charge in [0, 0.05) is 22.8 Å². The van der Waals surface area contributed by atoms with Crippen LogP contribution in [0.3, 0.4) is 0 Å². The smallest absolute Gasteiger partial charge is 0.346 e. The minimum atomic E-state index is -0.545. The molecule has 0 bridgehead atoms. The molecule has 0 fully saturated rings. The Labute approximate surface area is 168 Å². The average molecular weight is 417 g/mol. The van der Waals surface area contributed by atoms with Gasteiger partial charge in [-0.3, -0.25) is 9.36 Å². The number of carbonyl (C=O) groups excluding carboxylic acids is 1. The molecule has 10 heteroatoms. The van der Waals surface area contributed by atoms with Gasteiger partial charge in [0.1, 0.15) is 12.1 Å². The molecular weight excluding hydrogens is 400 g/mol. The van der Waals surface area contributed by atoms with Gasteiger partial charge in [-0.1, -0.05) is 0 Å². The number of nitrogens with one attached hydrogen (secondary N) is 1. The van der Waals surface area contributed by atoms with E-state index in [2.05, 4.69) is 10.4 Å². The van der Waals surface area contributed by atoms with E-state index < -0.39 is 11.7 Å². The molecule has 150 valence electrons. The van der Waals surface area contributed by atoms with Gasteiger partial charge in [0.05, 0.1) is 25.0 Å². The molecule has 0 saturated carbocycles. The van der Waals surface area contributed by atoms with Crippen molar-refractivity contribution in [2.24, 2.45) is 5.73 Å². The predicted octanol–water partition coefficient (Wildman–Crippen LogP) is 2.02. The third kappa shape index (κ3) is 3.64. The van der Waals surface area contributed by atoms with Crippen LogP contribution in [-0.4, -0.2) is 26.8 Å². The highest BCUT2D eigenvalue weighted by Crippen LogP contribution is 2.32. The molecule has 29 heavy (non-hydrogen) atoms. The Morgan fingerprint density at radius 1 is 1.34 bits per heavy atom. The number of amides is 1. The minimum Gasteiger partial charge on any atom is -0.348 e. The van der Waals surface area contributed by atoms with E-state index in [1.165, 1.54) is 28.3 Å². The summed E-state index contributed by atoms with van der Waals surface area (Å²) in [6.45, 7) is 0.594. The fraction of sp³-hybridized carbons (Fsp3) is 0.211. The number of halogens is 2. The van der Waals surface area contributed by atoms with Crippen molar-refractivity contribution in [1.82, 2.24) is 19.7 Å². The standard InChI is InChI=1S/C19H17F2N5O2S/c20-5-11(6-22)8-26-19(28)25(10-24-26)9-14-1-2-16(29-14)12-3-13-7-23-18(27)17(13)15(21)4-12/h1-5,10H,6-9,22H2,(H,23,27)/b11-5+. The Hall–Kier alpha value is -3.11. The quantitative estimate of drug-likeness (QED) is 0.642. The lowest BCUT2D eigenvalue weighted by Gasteiger charge is -2.03. The van der Waals surface area contributed by atoms with Crippen molar-refractivity contribution in [2.75, 3.05) is 6.54 Å². The van der Waals surface area contributed by atoms with Crippen molar-refractivity contribution in [3.63, 3.8) is 0 Å². The van der Waals surface area contributed by atoms with Crippen LogP contribution in [0.15, 0.2) is 47.3 Å². The van der Waals surface area contributed by atoms with E-state index in [0.717, 1.165) is 14.4 Å². The summed E-state index contributed by atoms with van der Waals surface area (Å²) in [6, 6.07) is 6.85. The first-order chi connectivity index (χ1) is 14.0. The Kier molecular flexibility index (Phi) is 5.12. The molecule has 3 heterocycles. The number of rotatable bonds is 6. The van der Waals surface area contributed by atoms with Crippen LogP contribution in [0.2, 0.25) is 0 Å². The molecule has 3 aromatic rings. The summed E-state index contributed by atoms with van der Waals surface area (Å²) in [7, 11) is 0. The second-order valence-corrected chi connectivity index (χ2v) is 7.78. The van der Waals surface area contributed by atoms with Crippen molar-refractivity contribution >= 4 is 17.2 Å². The second-order valence-electron chi connectivity index (χ2n) is 6.61. The summed E-state index contributed by atoms with van der Waals surface area (Å²) in [5.74, 6) is -0.940. The van der Waals surface area contributed by atoms with Crippen LogP contribution in [0.1, 0.15) is 20.8 Å². The lowest BCUT2D eigenvalue weighted by atomic mass is 10.0. The molecule has 0 radical (unpaired) electrons. The number of hydrogen-bond donors (Lipinski definition) is 2. The number of hydrogen-bond acceptors (Lipinski definition) is 5. The first-order valence-electron chi connectivity index (χ1n) is 8.80. The zero-order valence-corrected chi connectivity index (χ0v) is 16.0. The molecule has 3 N–H and O–H groups in total. The highest BCUT2D eigenvalue weighted by atomic mass is 32.1. The minimum absolute atomic E-state index is 0.00252. The van der Waals surface area contributed by atoms with E-state index in [0.29, 0.717) is 24.0 Å². The van der Waals surface area contributed by atoms with Crippen molar-refractivity contribution < 1.29 is 13.6 Å². The van der Waals surface area contributed by atoms with Crippen LogP contribution in [0.4, 0.5) is 8.78 Å². The lowest BCUT2D eigenvalue weighted by molar-refractivity contribution is 0.0962. The molecule has 0 aliphatic carbocycles. The molecule has 0 spiro atoms. The van der Waals surface area contributed by atoms with Gasteiger partial charge in [-0.25, -0.2) is 18.3 Å². The van der Waals surface area contributed by atoms with Gasteiger partial charge in [-0.05, 0) is 41.0 Å². The number of aromatic nitrogens is 3. The maximum atomic E-state index is 14.3. The molecule has 0 atom stereocenters. The van der Waals surface area contributed by atoms with Gasteiger partial charge in [0.2, 0.25) is 0 Å². The van der Waals surface area contributed by atoms with E-state index in [1.54, 1.807) is 6.07 Å². The molecule has 1 aromatic carbocycles. The van der Waals surface area contributed by atoms with Crippen molar-refractivity contribution in [3.05, 3.63) is 74.8 Å². The topological polar surface area (TPSA) is 94.9 Å². The fourth-order valence-corrected chi connectivity index (χ4v) is 4.17. The van der Waals surface area contributed by atoms with Crippen LogP contribution in [0, 0.1) is 5.82 Å². The van der Waals surface area contributed by atoms with Crippen molar-refractivity contribution in [3.8, 4) is 10.4 Å². The van der Waals surface area contributed by atoms with Crippen molar-refractivity contribution in [2.45, 2.75) is 19.6 Å². The van der Waals surface area contributed by atoms with Crippen LogP contribution >= 0.6 is 11.3 Å². The summed E-state index contributed by atoms with van der Waals surface area (Å²) in [6.07, 6.45) is 1.77. The Morgan fingerprint density at radius 2 is 2.17 bits per heavy atom. The number of benzene rings is 1. The van der Waals surface area contributed by atoms with Gasteiger partial charge < -0.3 is 11.1 Å². The number of nitrogens with two attached hydrogens (primary N) is 1. The Bertz CT molecular complexity index is 1180. The molecule has 7 nitrogen and oxygen atoms in total. The highest BCUT2D eigenvalue weighted by Gasteiger charge is 2.24. The van der Waals surface area contributed by atoms with Gasteiger partial charge in [-0.15, -0.1) is 11.3 Å². The SMILES string of the molecule is NC/C(=C\F)Cn1ncn(Cc2ccc(-c3cc(F)c4c(c3)CNC4=O)s2)c1=O. The molecule has 1 amide bonds. The summed E-state index contributed by atoms with van der Waals surface area (Å²) in [4.78, 5) is 25.8. The summed E-state index contributed by atoms with van der Waals surface area (Å²) >= 11 is 1.42. The predicted molar refractivity (Wildman–Crippen MR) is 105 cm³/mol. The molecule has 0 saturated heterocycles. The molecule has 0 unspecified atom stereocenters. The maximum Gasteiger partial charge on any atom is 0.346 e. The zero-order valence-electron chi connectivity index (χ0n) is 15.2. The number of carbonyl (C=O) groups is 1. The maximum absolute atomic E-state index is 14.3. The van der Waals surface area contributed by atoms with E-state index in [1.807, 2.05) is 12.1 Å². The number of fused-ring (bicyclic) bond motifs is 1. The fourth-order valence-electron chi connectivity index (χ4n) is 3.17. The largest absolute Gasteiger partial charge is 0.348 e. The first-order valence-corrected chi connectivity index (χ1v) is 9.62. The van der Waals surface area contributed by atoms with Crippen LogP contribution in [0.25, 0.3) is 10.4 Å². The van der Waals surface area contributed by atoms with Gasteiger partial charge in [0.25, 0.3) is 5.91 Å². The third-order valence-corrected chi connectivity index (χ3v) is 5.80. The Morgan fingerprint density at radius 3 is 2.93 bits per heavy atom. The normalized spacial score (nSPS) is 13.6.